The van der Waals surface area contributed by atoms with E-state index in [1.165, 1.54) is 18.4 Å². The lowest BCUT2D eigenvalue weighted by molar-refractivity contribution is 0.469. The minimum Gasteiger partial charge on any atom is -0.508 e. The van der Waals surface area contributed by atoms with Gasteiger partial charge in [0.1, 0.15) is 11.5 Å². The zero-order chi connectivity index (χ0) is 13.7. The van der Waals surface area contributed by atoms with Crippen molar-refractivity contribution in [2.75, 3.05) is 0 Å². The lowest BCUT2D eigenvalue weighted by Gasteiger charge is -2.08. The molecule has 0 aromatic heterocycles. The highest BCUT2D eigenvalue weighted by Crippen LogP contribution is 2.23. The number of aromatic hydroxyl groups is 2. The third-order valence-electron chi connectivity index (χ3n) is 3.29. The standard InChI is InChI=1S/C17H20O2/c1-2-3-4-13-7-10-17(19)15(11-13)12-14-5-8-16(18)9-6-14/h5-11,18-19H,2-4,12H2,1H3. The number of unbranched alkanes of at least 4 members (excludes halogenated alkanes) is 1. The maximum absolute atomic E-state index is 9.93. The lowest BCUT2D eigenvalue weighted by Crippen LogP contribution is -1.92. The molecule has 2 heteroatoms. The molecule has 0 aliphatic heterocycles. The Morgan fingerprint density at radius 1 is 0.895 bits per heavy atom. The van der Waals surface area contributed by atoms with E-state index in [1.54, 1.807) is 18.2 Å². The van der Waals surface area contributed by atoms with Crippen LogP contribution in [-0.4, -0.2) is 10.2 Å². The van der Waals surface area contributed by atoms with Crippen LogP contribution >= 0.6 is 0 Å². The fourth-order valence-corrected chi connectivity index (χ4v) is 2.15. The third kappa shape index (κ3) is 3.75. The minimum absolute atomic E-state index is 0.268. The second kappa shape index (κ2) is 6.28. The second-order valence-electron chi connectivity index (χ2n) is 4.91. The maximum Gasteiger partial charge on any atom is 0.119 e. The molecule has 0 fully saturated rings. The molecular weight excluding hydrogens is 236 g/mol. The van der Waals surface area contributed by atoms with E-state index in [0.29, 0.717) is 12.2 Å². The van der Waals surface area contributed by atoms with Gasteiger partial charge in [0, 0.05) is 6.42 Å². The molecule has 0 aliphatic carbocycles. The van der Waals surface area contributed by atoms with Crippen LogP contribution in [0.1, 0.15) is 36.5 Å². The number of hydrogen-bond donors (Lipinski definition) is 2. The van der Waals surface area contributed by atoms with Crippen LogP contribution in [-0.2, 0) is 12.8 Å². The van der Waals surface area contributed by atoms with Gasteiger partial charge in [-0.1, -0.05) is 37.6 Å². The van der Waals surface area contributed by atoms with Gasteiger partial charge in [-0.2, -0.15) is 0 Å². The van der Waals surface area contributed by atoms with Crippen molar-refractivity contribution in [3.8, 4) is 11.5 Å². The van der Waals surface area contributed by atoms with E-state index in [9.17, 15) is 10.2 Å². The molecule has 0 spiro atoms. The van der Waals surface area contributed by atoms with Crippen molar-refractivity contribution in [2.45, 2.75) is 32.6 Å². The summed E-state index contributed by atoms with van der Waals surface area (Å²) in [5.74, 6) is 0.609. The van der Waals surface area contributed by atoms with Crippen molar-refractivity contribution < 1.29 is 10.2 Å². The first kappa shape index (κ1) is 13.5. The van der Waals surface area contributed by atoms with E-state index >= 15 is 0 Å². The molecule has 2 N–H and O–H groups in total. The maximum atomic E-state index is 9.93. The molecule has 2 aromatic carbocycles. The number of rotatable bonds is 5. The van der Waals surface area contributed by atoms with Gasteiger partial charge in [-0.3, -0.25) is 0 Å². The largest absolute Gasteiger partial charge is 0.508 e. The summed E-state index contributed by atoms with van der Waals surface area (Å²) in [7, 11) is 0. The van der Waals surface area contributed by atoms with Crippen LogP contribution in [0.5, 0.6) is 11.5 Å². The number of phenolic OH excluding ortho intramolecular Hbond substituents is 2. The zero-order valence-corrected chi connectivity index (χ0v) is 11.3. The van der Waals surface area contributed by atoms with Gasteiger partial charge in [-0.05, 0) is 47.7 Å². The average Bonchev–Trinajstić information content (AvgIpc) is 2.42. The molecule has 2 aromatic rings. The Balaban J connectivity index is 2.16. The first-order valence-corrected chi connectivity index (χ1v) is 6.77. The van der Waals surface area contributed by atoms with E-state index in [1.807, 2.05) is 18.2 Å². The van der Waals surface area contributed by atoms with Crippen LogP contribution in [0.25, 0.3) is 0 Å². The molecule has 19 heavy (non-hydrogen) atoms. The van der Waals surface area contributed by atoms with Gasteiger partial charge in [0.05, 0.1) is 0 Å². The highest BCUT2D eigenvalue weighted by atomic mass is 16.3. The summed E-state index contributed by atoms with van der Waals surface area (Å²) in [5, 5.41) is 19.2. The quantitative estimate of drug-likeness (QED) is 0.848. The highest BCUT2D eigenvalue weighted by molar-refractivity contribution is 5.40. The van der Waals surface area contributed by atoms with Gasteiger partial charge >= 0.3 is 0 Å². The molecule has 0 atom stereocenters. The second-order valence-corrected chi connectivity index (χ2v) is 4.91. The predicted octanol–water partition coefficient (Wildman–Crippen LogP) is 4.03. The van der Waals surface area contributed by atoms with Crippen LogP contribution in [0.2, 0.25) is 0 Å². The smallest absolute Gasteiger partial charge is 0.119 e. The Labute approximate surface area is 114 Å². The fourth-order valence-electron chi connectivity index (χ4n) is 2.15. The summed E-state index contributed by atoms with van der Waals surface area (Å²) in [4.78, 5) is 0. The molecule has 2 rings (SSSR count). The Hall–Kier alpha value is -1.96. The van der Waals surface area contributed by atoms with Crippen molar-refractivity contribution in [3.05, 3.63) is 59.2 Å². The molecule has 0 heterocycles. The Kier molecular flexibility index (Phi) is 4.45. The molecule has 0 saturated heterocycles. The molecular formula is C17H20O2. The van der Waals surface area contributed by atoms with Crippen LogP contribution in [0, 0.1) is 0 Å². The monoisotopic (exact) mass is 256 g/mol. The van der Waals surface area contributed by atoms with Gasteiger partial charge in [-0.15, -0.1) is 0 Å². The average molecular weight is 256 g/mol. The normalized spacial score (nSPS) is 10.6. The molecule has 0 aliphatic rings. The van der Waals surface area contributed by atoms with Crippen LogP contribution in [0.3, 0.4) is 0 Å². The van der Waals surface area contributed by atoms with Gasteiger partial charge in [0.15, 0.2) is 0 Å². The topological polar surface area (TPSA) is 40.5 Å². The van der Waals surface area contributed by atoms with E-state index in [2.05, 4.69) is 13.0 Å². The summed E-state index contributed by atoms with van der Waals surface area (Å²) >= 11 is 0. The first-order valence-electron chi connectivity index (χ1n) is 6.77. The molecule has 2 nitrogen and oxygen atoms in total. The first-order chi connectivity index (χ1) is 9.19. The zero-order valence-electron chi connectivity index (χ0n) is 11.3. The predicted molar refractivity (Wildman–Crippen MR) is 77.6 cm³/mol. The van der Waals surface area contributed by atoms with Crippen LogP contribution < -0.4 is 0 Å². The third-order valence-corrected chi connectivity index (χ3v) is 3.29. The van der Waals surface area contributed by atoms with Crippen molar-refractivity contribution in [3.63, 3.8) is 0 Å². The summed E-state index contributed by atoms with van der Waals surface area (Å²) in [6.07, 6.45) is 4.09. The van der Waals surface area contributed by atoms with Crippen molar-refractivity contribution in [1.82, 2.24) is 0 Å². The van der Waals surface area contributed by atoms with Crippen LogP contribution in [0.4, 0.5) is 0 Å². The highest BCUT2D eigenvalue weighted by Gasteiger charge is 2.04. The van der Waals surface area contributed by atoms with Crippen molar-refractivity contribution >= 4 is 0 Å². The summed E-state index contributed by atoms with van der Waals surface area (Å²) in [6.45, 7) is 2.18. The summed E-state index contributed by atoms with van der Waals surface area (Å²) in [5.41, 5.74) is 3.30. The Morgan fingerprint density at radius 2 is 1.58 bits per heavy atom. The molecule has 0 bridgehead atoms. The van der Waals surface area contributed by atoms with Crippen molar-refractivity contribution in [1.29, 1.82) is 0 Å². The molecule has 0 amide bonds. The number of aryl methyl sites for hydroxylation is 1. The van der Waals surface area contributed by atoms with Gasteiger partial charge in [0.25, 0.3) is 0 Å². The number of hydrogen-bond acceptors (Lipinski definition) is 2. The van der Waals surface area contributed by atoms with E-state index in [0.717, 1.165) is 17.5 Å². The molecule has 100 valence electrons. The Morgan fingerprint density at radius 3 is 2.26 bits per heavy atom. The summed E-state index contributed by atoms with van der Waals surface area (Å²) < 4.78 is 0. The van der Waals surface area contributed by atoms with Gasteiger partial charge < -0.3 is 10.2 Å². The molecule has 0 unspecified atom stereocenters. The van der Waals surface area contributed by atoms with Crippen LogP contribution in [0.15, 0.2) is 42.5 Å². The lowest BCUT2D eigenvalue weighted by atomic mass is 9.99. The molecule has 0 saturated carbocycles. The SMILES string of the molecule is CCCCc1ccc(O)c(Cc2ccc(O)cc2)c1. The van der Waals surface area contributed by atoms with Crippen molar-refractivity contribution in [2.24, 2.45) is 0 Å². The Bertz CT molecular complexity index is 529. The number of phenols is 2. The van der Waals surface area contributed by atoms with Gasteiger partial charge in [0.2, 0.25) is 0 Å². The molecule has 0 radical (unpaired) electrons. The fraction of sp³-hybridized carbons (Fsp3) is 0.294. The minimum atomic E-state index is 0.268. The van der Waals surface area contributed by atoms with E-state index < -0.39 is 0 Å². The van der Waals surface area contributed by atoms with E-state index in [-0.39, 0.29) is 5.75 Å². The van der Waals surface area contributed by atoms with E-state index in [4.69, 9.17) is 0 Å². The number of benzene rings is 2. The summed E-state index contributed by atoms with van der Waals surface area (Å²) in [6, 6.07) is 13.0. The van der Waals surface area contributed by atoms with Gasteiger partial charge in [-0.25, -0.2) is 0 Å².